The molecule has 0 aliphatic rings. The smallest absolute Gasteiger partial charge is 0.208 e. The summed E-state index contributed by atoms with van der Waals surface area (Å²) in [6.45, 7) is 0. The van der Waals surface area contributed by atoms with Crippen LogP contribution in [-0.4, -0.2) is 24.7 Å². The predicted molar refractivity (Wildman–Crippen MR) is 55.0 cm³/mol. The molecular formula is C8H5F2N5S. The van der Waals surface area contributed by atoms with Crippen LogP contribution in [0.4, 0.5) is 8.78 Å². The Balaban J connectivity index is 2.46. The Morgan fingerprint density at radius 3 is 2.69 bits per heavy atom. The summed E-state index contributed by atoms with van der Waals surface area (Å²) in [6.07, 6.45) is 2.07. The molecule has 8 heteroatoms. The fourth-order valence-electron chi connectivity index (χ4n) is 1.05. The molecular weight excluding hydrogens is 236 g/mol. The van der Waals surface area contributed by atoms with Gasteiger partial charge in [0, 0.05) is 6.07 Å². The van der Waals surface area contributed by atoms with Crippen molar-refractivity contribution in [3.63, 3.8) is 0 Å². The Morgan fingerprint density at radius 2 is 2.12 bits per heavy atom. The van der Waals surface area contributed by atoms with Crippen LogP contribution in [0.3, 0.4) is 0 Å². The molecule has 0 saturated carbocycles. The number of nitrogens with zero attached hydrogens (tertiary/aromatic N) is 4. The van der Waals surface area contributed by atoms with Gasteiger partial charge in [0.1, 0.15) is 17.1 Å². The monoisotopic (exact) mass is 241 g/mol. The molecule has 0 aliphatic carbocycles. The third kappa shape index (κ3) is 1.87. The Labute approximate surface area is 93.9 Å². The van der Waals surface area contributed by atoms with E-state index in [1.54, 1.807) is 0 Å². The highest BCUT2D eigenvalue weighted by molar-refractivity contribution is 7.80. The lowest BCUT2D eigenvalue weighted by Gasteiger charge is -2.00. The van der Waals surface area contributed by atoms with Crippen molar-refractivity contribution in [2.45, 2.75) is 0 Å². The average molecular weight is 241 g/mol. The van der Waals surface area contributed by atoms with Crippen molar-refractivity contribution >= 4 is 17.2 Å². The van der Waals surface area contributed by atoms with Gasteiger partial charge in [-0.3, -0.25) is 0 Å². The van der Waals surface area contributed by atoms with E-state index in [9.17, 15) is 8.78 Å². The summed E-state index contributed by atoms with van der Waals surface area (Å²) < 4.78 is 26.9. The predicted octanol–water partition coefficient (Wildman–Crippen LogP) is 0.575. The summed E-state index contributed by atoms with van der Waals surface area (Å²) in [5.41, 5.74) is 5.29. The SMILES string of the molecule is NC(=S)c1ncn(-c2ncc(F)cc2F)n1. The lowest BCUT2D eigenvalue weighted by atomic mass is 10.4. The van der Waals surface area contributed by atoms with Gasteiger partial charge in [0.05, 0.1) is 6.20 Å². The molecule has 0 radical (unpaired) electrons. The highest BCUT2D eigenvalue weighted by atomic mass is 32.1. The minimum Gasteiger partial charge on any atom is -0.387 e. The van der Waals surface area contributed by atoms with Crippen LogP contribution in [0.5, 0.6) is 0 Å². The first kappa shape index (κ1) is 10.6. The van der Waals surface area contributed by atoms with Crippen molar-refractivity contribution in [2.24, 2.45) is 5.73 Å². The lowest BCUT2D eigenvalue weighted by molar-refractivity contribution is 0.560. The Hall–Kier alpha value is -1.96. The molecule has 0 aliphatic heterocycles. The van der Waals surface area contributed by atoms with E-state index in [4.69, 9.17) is 5.73 Å². The summed E-state index contributed by atoms with van der Waals surface area (Å²) in [4.78, 5) is 7.28. The van der Waals surface area contributed by atoms with Crippen molar-refractivity contribution in [1.82, 2.24) is 19.7 Å². The number of hydrogen-bond acceptors (Lipinski definition) is 4. The second-order valence-electron chi connectivity index (χ2n) is 2.84. The van der Waals surface area contributed by atoms with Crippen molar-refractivity contribution in [2.75, 3.05) is 0 Å². The second kappa shape index (κ2) is 3.89. The van der Waals surface area contributed by atoms with E-state index in [1.165, 1.54) is 6.33 Å². The van der Waals surface area contributed by atoms with Crippen LogP contribution in [0, 0.1) is 11.6 Å². The molecule has 16 heavy (non-hydrogen) atoms. The molecule has 0 atom stereocenters. The molecule has 2 rings (SSSR count). The average Bonchev–Trinajstić information content (AvgIpc) is 2.66. The quantitative estimate of drug-likeness (QED) is 0.778. The first-order chi connectivity index (χ1) is 7.58. The maximum Gasteiger partial charge on any atom is 0.208 e. The summed E-state index contributed by atoms with van der Waals surface area (Å²) >= 11 is 4.64. The van der Waals surface area contributed by atoms with Crippen molar-refractivity contribution in [1.29, 1.82) is 0 Å². The second-order valence-corrected chi connectivity index (χ2v) is 3.28. The fourth-order valence-corrected chi connectivity index (χ4v) is 1.15. The maximum absolute atomic E-state index is 13.3. The summed E-state index contributed by atoms with van der Waals surface area (Å²) in [6, 6.07) is 0.699. The molecule has 5 nitrogen and oxygen atoms in total. The van der Waals surface area contributed by atoms with E-state index in [2.05, 4.69) is 27.3 Å². The van der Waals surface area contributed by atoms with E-state index < -0.39 is 11.6 Å². The van der Waals surface area contributed by atoms with E-state index in [1.807, 2.05) is 0 Å². The van der Waals surface area contributed by atoms with Gasteiger partial charge in [-0.25, -0.2) is 18.7 Å². The Bertz CT molecular complexity index is 553. The van der Waals surface area contributed by atoms with Crippen LogP contribution >= 0.6 is 12.2 Å². The molecule has 2 N–H and O–H groups in total. The fraction of sp³-hybridized carbons (Fsp3) is 0. The van der Waals surface area contributed by atoms with Gasteiger partial charge in [0.2, 0.25) is 5.82 Å². The Morgan fingerprint density at radius 1 is 1.38 bits per heavy atom. The molecule has 0 saturated heterocycles. The topological polar surface area (TPSA) is 69.6 Å². The van der Waals surface area contributed by atoms with E-state index in [0.717, 1.165) is 10.9 Å². The molecule has 0 unspecified atom stereocenters. The summed E-state index contributed by atoms with van der Waals surface area (Å²) in [5.74, 6) is -1.69. The third-order valence-electron chi connectivity index (χ3n) is 1.72. The highest BCUT2D eigenvalue weighted by Crippen LogP contribution is 2.09. The lowest BCUT2D eigenvalue weighted by Crippen LogP contribution is -2.12. The Kier molecular flexibility index (Phi) is 2.57. The maximum atomic E-state index is 13.3. The number of aromatic nitrogens is 4. The number of thiocarbonyl (C=S) groups is 1. The van der Waals surface area contributed by atoms with Crippen LogP contribution in [0.25, 0.3) is 5.82 Å². The van der Waals surface area contributed by atoms with Gasteiger partial charge in [0.15, 0.2) is 11.6 Å². The van der Waals surface area contributed by atoms with Crippen LogP contribution < -0.4 is 5.73 Å². The number of hydrogen-bond donors (Lipinski definition) is 1. The van der Waals surface area contributed by atoms with E-state index in [-0.39, 0.29) is 16.6 Å². The standard InChI is InChI=1S/C8H5F2N5S/c9-4-1-5(10)8(12-2-4)15-3-13-7(14-15)6(11)16/h1-3H,(H2,11,16). The summed E-state index contributed by atoms with van der Waals surface area (Å²) in [5, 5.41) is 3.78. The van der Waals surface area contributed by atoms with Gasteiger partial charge in [-0.05, 0) is 0 Å². The van der Waals surface area contributed by atoms with Crippen LogP contribution in [0.1, 0.15) is 5.82 Å². The number of halogens is 2. The minimum absolute atomic E-state index is 0.0127. The van der Waals surface area contributed by atoms with Crippen LogP contribution in [0.15, 0.2) is 18.6 Å². The first-order valence-corrected chi connectivity index (χ1v) is 4.51. The largest absolute Gasteiger partial charge is 0.387 e. The zero-order valence-corrected chi connectivity index (χ0v) is 8.58. The van der Waals surface area contributed by atoms with Gasteiger partial charge in [-0.15, -0.1) is 5.10 Å². The van der Waals surface area contributed by atoms with Gasteiger partial charge in [0.25, 0.3) is 0 Å². The molecule has 0 fully saturated rings. The third-order valence-corrected chi connectivity index (χ3v) is 1.90. The number of nitrogens with two attached hydrogens (primary N) is 1. The number of pyridine rings is 1. The van der Waals surface area contributed by atoms with Crippen molar-refractivity contribution < 1.29 is 8.78 Å². The molecule has 2 aromatic rings. The molecule has 0 spiro atoms. The van der Waals surface area contributed by atoms with Crippen molar-refractivity contribution in [3.8, 4) is 5.82 Å². The zero-order chi connectivity index (χ0) is 11.7. The minimum atomic E-state index is -0.848. The number of rotatable bonds is 2. The summed E-state index contributed by atoms with van der Waals surface area (Å²) in [7, 11) is 0. The van der Waals surface area contributed by atoms with Crippen LogP contribution in [0.2, 0.25) is 0 Å². The van der Waals surface area contributed by atoms with Gasteiger partial charge in [-0.2, -0.15) is 4.68 Å². The van der Waals surface area contributed by atoms with Gasteiger partial charge in [-0.1, -0.05) is 12.2 Å². The molecule has 82 valence electrons. The molecule has 0 aromatic carbocycles. The molecule has 2 aromatic heterocycles. The molecule has 0 amide bonds. The van der Waals surface area contributed by atoms with E-state index in [0.29, 0.717) is 6.07 Å². The zero-order valence-electron chi connectivity index (χ0n) is 7.76. The highest BCUT2D eigenvalue weighted by Gasteiger charge is 2.11. The van der Waals surface area contributed by atoms with Gasteiger partial charge >= 0.3 is 0 Å². The van der Waals surface area contributed by atoms with E-state index >= 15 is 0 Å². The van der Waals surface area contributed by atoms with Crippen molar-refractivity contribution in [3.05, 3.63) is 36.0 Å². The van der Waals surface area contributed by atoms with Gasteiger partial charge < -0.3 is 5.73 Å². The molecule has 0 bridgehead atoms. The first-order valence-electron chi connectivity index (χ1n) is 4.11. The normalized spacial score (nSPS) is 10.4. The molecule has 2 heterocycles. The van der Waals surface area contributed by atoms with Crippen LogP contribution in [-0.2, 0) is 0 Å².